The smallest absolute Gasteiger partial charge is 0.139 e. The van der Waals surface area contributed by atoms with Gasteiger partial charge in [0.1, 0.15) is 5.82 Å². The standard InChI is InChI=1S/C11H14BrFN2O/c1-16-7-2-3-15(6-7)11-4-8(12)9(13)5-10(11)14/h4-5,7H,2-3,6,14H2,1H3. The summed E-state index contributed by atoms with van der Waals surface area (Å²) < 4.78 is 18.9. The zero-order valence-electron chi connectivity index (χ0n) is 9.04. The van der Waals surface area contributed by atoms with E-state index in [1.165, 1.54) is 6.07 Å². The molecule has 3 nitrogen and oxygen atoms in total. The molecular weight excluding hydrogens is 275 g/mol. The van der Waals surface area contributed by atoms with Crippen molar-refractivity contribution in [3.8, 4) is 0 Å². The number of anilines is 2. The molecule has 1 atom stereocenters. The van der Waals surface area contributed by atoms with Crippen LogP contribution in [0.25, 0.3) is 0 Å². The van der Waals surface area contributed by atoms with Crippen molar-refractivity contribution in [1.82, 2.24) is 0 Å². The highest BCUT2D eigenvalue weighted by Gasteiger charge is 2.24. The molecule has 2 N–H and O–H groups in total. The van der Waals surface area contributed by atoms with Crippen LogP contribution in [0.15, 0.2) is 16.6 Å². The van der Waals surface area contributed by atoms with E-state index in [0.717, 1.165) is 25.2 Å². The van der Waals surface area contributed by atoms with Crippen molar-refractivity contribution < 1.29 is 9.13 Å². The van der Waals surface area contributed by atoms with Crippen molar-refractivity contribution in [1.29, 1.82) is 0 Å². The number of benzene rings is 1. The molecule has 1 fully saturated rings. The first-order valence-electron chi connectivity index (χ1n) is 5.14. The molecule has 88 valence electrons. The van der Waals surface area contributed by atoms with Crippen LogP contribution in [-0.2, 0) is 4.74 Å². The number of nitrogens with zero attached hydrogens (tertiary/aromatic N) is 1. The largest absolute Gasteiger partial charge is 0.397 e. The molecule has 16 heavy (non-hydrogen) atoms. The lowest BCUT2D eigenvalue weighted by molar-refractivity contribution is 0.121. The Labute approximate surface area is 102 Å². The van der Waals surface area contributed by atoms with Crippen molar-refractivity contribution in [2.75, 3.05) is 30.8 Å². The van der Waals surface area contributed by atoms with Gasteiger partial charge in [-0.25, -0.2) is 4.39 Å². The summed E-state index contributed by atoms with van der Waals surface area (Å²) in [5, 5.41) is 0. The zero-order valence-corrected chi connectivity index (χ0v) is 10.6. The first-order chi connectivity index (χ1) is 7.61. The highest BCUT2D eigenvalue weighted by atomic mass is 79.9. The van der Waals surface area contributed by atoms with Gasteiger partial charge in [0.25, 0.3) is 0 Å². The number of nitrogens with two attached hydrogens (primary N) is 1. The maximum absolute atomic E-state index is 13.2. The molecular formula is C11H14BrFN2O. The van der Waals surface area contributed by atoms with Gasteiger partial charge >= 0.3 is 0 Å². The Hall–Kier alpha value is -0.810. The van der Waals surface area contributed by atoms with E-state index in [0.29, 0.717) is 10.2 Å². The minimum atomic E-state index is -0.330. The molecule has 2 rings (SSSR count). The lowest BCUT2D eigenvalue weighted by atomic mass is 10.2. The van der Waals surface area contributed by atoms with E-state index in [1.54, 1.807) is 13.2 Å². The molecule has 1 aliphatic rings. The minimum Gasteiger partial charge on any atom is -0.397 e. The second-order valence-electron chi connectivity index (χ2n) is 3.92. The molecule has 1 aliphatic heterocycles. The third kappa shape index (κ3) is 2.15. The molecule has 1 saturated heterocycles. The number of rotatable bonds is 2. The summed E-state index contributed by atoms with van der Waals surface area (Å²) in [6.07, 6.45) is 1.22. The van der Waals surface area contributed by atoms with Crippen LogP contribution in [0.2, 0.25) is 0 Å². The monoisotopic (exact) mass is 288 g/mol. The third-order valence-electron chi connectivity index (χ3n) is 2.89. The van der Waals surface area contributed by atoms with Crippen LogP contribution in [0.1, 0.15) is 6.42 Å². The number of hydrogen-bond acceptors (Lipinski definition) is 3. The van der Waals surface area contributed by atoms with Gasteiger partial charge in [-0.05, 0) is 28.4 Å². The Morgan fingerprint density at radius 3 is 2.94 bits per heavy atom. The van der Waals surface area contributed by atoms with Gasteiger partial charge in [0.15, 0.2) is 0 Å². The Bertz CT molecular complexity index is 400. The summed E-state index contributed by atoms with van der Waals surface area (Å²) in [4.78, 5) is 2.12. The van der Waals surface area contributed by atoms with Gasteiger partial charge in [0.05, 0.1) is 22.0 Å². The Balaban J connectivity index is 2.24. The van der Waals surface area contributed by atoms with Crippen LogP contribution in [0.4, 0.5) is 15.8 Å². The molecule has 0 saturated carbocycles. The summed E-state index contributed by atoms with van der Waals surface area (Å²) in [5.41, 5.74) is 7.15. The van der Waals surface area contributed by atoms with E-state index in [2.05, 4.69) is 20.8 Å². The number of hydrogen-bond donors (Lipinski definition) is 1. The molecule has 0 radical (unpaired) electrons. The number of halogens is 2. The van der Waals surface area contributed by atoms with Gasteiger partial charge in [-0.2, -0.15) is 0 Å². The fourth-order valence-electron chi connectivity index (χ4n) is 1.96. The lowest BCUT2D eigenvalue weighted by Crippen LogP contribution is -2.23. The van der Waals surface area contributed by atoms with Crippen LogP contribution in [0, 0.1) is 5.82 Å². The highest BCUT2D eigenvalue weighted by Crippen LogP contribution is 2.32. The summed E-state index contributed by atoms with van der Waals surface area (Å²) in [7, 11) is 1.71. The van der Waals surface area contributed by atoms with E-state index in [1.807, 2.05) is 0 Å². The van der Waals surface area contributed by atoms with E-state index >= 15 is 0 Å². The van der Waals surface area contributed by atoms with Gasteiger partial charge in [0, 0.05) is 26.3 Å². The number of nitrogen functional groups attached to an aromatic ring is 1. The maximum Gasteiger partial charge on any atom is 0.139 e. The van der Waals surface area contributed by atoms with Crippen LogP contribution >= 0.6 is 15.9 Å². The molecule has 5 heteroatoms. The van der Waals surface area contributed by atoms with Crippen molar-refractivity contribution in [2.45, 2.75) is 12.5 Å². The topological polar surface area (TPSA) is 38.5 Å². The van der Waals surface area contributed by atoms with Crippen LogP contribution < -0.4 is 10.6 Å². The highest BCUT2D eigenvalue weighted by molar-refractivity contribution is 9.10. The van der Waals surface area contributed by atoms with Gasteiger partial charge in [-0.15, -0.1) is 0 Å². The lowest BCUT2D eigenvalue weighted by Gasteiger charge is -2.20. The average Bonchev–Trinajstić information content (AvgIpc) is 2.71. The Morgan fingerprint density at radius 1 is 1.56 bits per heavy atom. The predicted molar refractivity (Wildman–Crippen MR) is 66.1 cm³/mol. The van der Waals surface area contributed by atoms with Crippen LogP contribution in [-0.4, -0.2) is 26.3 Å². The normalized spacial score (nSPS) is 20.4. The zero-order chi connectivity index (χ0) is 11.7. The van der Waals surface area contributed by atoms with E-state index in [4.69, 9.17) is 10.5 Å². The van der Waals surface area contributed by atoms with Gasteiger partial charge < -0.3 is 15.4 Å². The summed E-state index contributed by atoms with van der Waals surface area (Å²) in [6, 6.07) is 3.07. The van der Waals surface area contributed by atoms with E-state index in [9.17, 15) is 4.39 Å². The van der Waals surface area contributed by atoms with Crippen LogP contribution in [0.3, 0.4) is 0 Å². The minimum absolute atomic E-state index is 0.239. The maximum atomic E-state index is 13.2. The van der Waals surface area contributed by atoms with Crippen molar-refractivity contribution in [2.24, 2.45) is 0 Å². The van der Waals surface area contributed by atoms with Crippen molar-refractivity contribution in [3.63, 3.8) is 0 Å². The van der Waals surface area contributed by atoms with Gasteiger partial charge in [0.2, 0.25) is 0 Å². The molecule has 0 aliphatic carbocycles. The molecule has 0 aromatic heterocycles. The second kappa shape index (κ2) is 4.59. The van der Waals surface area contributed by atoms with E-state index < -0.39 is 0 Å². The molecule has 0 amide bonds. The SMILES string of the molecule is COC1CCN(c2cc(Br)c(F)cc2N)C1. The second-order valence-corrected chi connectivity index (χ2v) is 4.77. The van der Waals surface area contributed by atoms with Crippen molar-refractivity contribution in [3.05, 3.63) is 22.4 Å². The number of methoxy groups -OCH3 is 1. The molecule has 1 unspecified atom stereocenters. The first-order valence-corrected chi connectivity index (χ1v) is 5.93. The number of ether oxygens (including phenoxy) is 1. The summed E-state index contributed by atoms with van der Waals surface area (Å²) in [5.74, 6) is -0.330. The molecule has 0 bridgehead atoms. The fraction of sp³-hybridized carbons (Fsp3) is 0.455. The average molecular weight is 289 g/mol. The van der Waals surface area contributed by atoms with Gasteiger partial charge in [-0.1, -0.05) is 0 Å². The molecule has 1 heterocycles. The van der Waals surface area contributed by atoms with E-state index in [-0.39, 0.29) is 11.9 Å². The first kappa shape index (κ1) is 11.7. The van der Waals surface area contributed by atoms with Crippen molar-refractivity contribution >= 4 is 27.3 Å². The summed E-state index contributed by atoms with van der Waals surface area (Å²) in [6.45, 7) is 1.69. The quantitative estimate of drug-likeness (QED) is 0.850. The van der Waals surface area contributed by atoms with Gasteiger partial charge in [-0.3, -0.25) is 0 Å². The summed E-state index contributed by atoms with van der Waals surface area (Å²) >= 11 is 3.17. The third-order valence-corrected chi connectivity index (χ3v) is 3.50. The molecule has 0 spiro atoms. The van der Waals surface area contributed by atoms with Crippen LogP contribution in [0.5, 0.6) is 0 Å². The Morgan fingerprint density at radius 2 is 2.31 bits per heavy atom. The predicted octanol–water partition coefficient (Wildman–Crippen LogP) is 2.40. The Kier molecular flexibility index (Phi) is 3.35. The molecule has 1 aromatic carbocycles. The fourth-order valence-corrected chi connectivity index (χ4v) is 2.30. The molecule has 1 aromatic rings.